The van der Waals surface area contributed by atoms with E-state index in [9.17, 15) is 4.79 Å². The summed E-state index contributed by atoms with van der Waals surface area (Å²) in [5.41, 5.74) is 0.508. The molecule has 2 aliphatic rings. The Balaban J connectivity index is 0.00000161. The summed E-state index contributed by atoms with van der Waals surface area (Å²) < 4.78 is 5.57. The predicted octanol–water partition coefficient (Wildman–Crippen LogP) is 3.52. The zero-order chi connectivity index (χ0) is 13.8. The number of piperidine rings is 1. The van der Waals surface area contributed by atoms with Crippen molar-refractivity contribution < 1.29 is 9.53 Å². The summed E-state index contributed by atoms with van der Waals surface area (Å²) in [5, 5.41) is 6.32. The van der Waals surface area contributed by atoms with Crippen LogP contribution >= 0.6 is 23.7 Å². The number of carbonyl (C=O) groups is 1. The minimum absolute atomic E-state index is 0. The van der Waals surface area contributed by atoms with E-state index in [2.05, 4.69) is 10.3 Å². The van der Waals surface area contributed by atoms with E-state index in [-0.39, 0.29) is 24.5 Å². The molecule has 1 saturated heterocycles. The van der Waals surface area contributed by atoms with Gasteiger partial charge in [-0.3, -0.25) is 0 Å². The van der Waals surface area contributed by atoms with Gasteiger partial charge >= 0.3 is 5.97 Å². The third-order valence-corrected chi connectivity index (χ3v) is 5.25. The van der Waals surface area contributed by atoms with Gasteiger partial charge in [0.15, 0.2) is 5.69 Å². The van der Waals surface area contributed by atoms with Crippen molar-refractivity contribution in [3.05, 3.63) is 16.1 Å². The molecule has 4 nitrogen and oxygen atoms in total. The average molecular weight is 331 g/mol. The Kier molecular flexibility index (Phi) is 6.45. The topological polar surface area (TPSA) is 51.2 Å². The molecule has 0 amide bonds. The molecule has 1 saturated carbocycles. The minimum atomic E-state index is -0.228. The second kappa shape index (κ2) is 8.11. The molecule has 2 fully saturated rings. The lowest BCUT2D eigenvalue weighted by Crippen LogP contribution is -2.26. The van der Waals surface area contributed by atoms with Crippen LogP contribution in [-0.4, -0.2) is 30.1 Å². The van der Waals surface area contributed by atoms with Crippen molar-refractivity contribution in [3.63, 3.8) is 0 Å². The van der Waals surface area contributed by atoms with E-state index in [0.717, 1.165) is 43.8 Å². The molecule has 0 spiro atoms. The van der Waals surface area contributed by atoms with Crippen LogP contribution in [0.1, 0.15) is 66.4 Å². The van der Waals surface area contributed by atoms with Crippen LogP contribution in [0.3, 0.4) is 0 Å². The Morgan fingerprint density at radius 3 is 2.62 bits per heavy atom. The monoisotopic (exact) mass is 330 g/mol. The Hall–Kier alpha value is -0.650. The molecule has 0 radical (unpaired) electrons. The number of thiazole rings is 1. The highest BCUT2D eigenvalue weighted by Gasteiger charge is 2.23. The molecule has 3 rings (SSSR count). The summed E-state index contributed by atoms with van der Waals surface area (Å²) in [5.74, 6) is 0.283. The van der Waals surface area contributed by atoms with Gasteiger partial charge in [0.1, 0.15) is 6.10 Å². The van der Waals surface area contributed by atoms with Crippen LogP contribution in [-0.2, 0) is 4.74 Å². The molecule has 1 aliphatic carbocycles. The number of aromatic nitrogens is 1. The molecule has 0 atom stereocenters. The van der Waals surface area contributed by atoms with Crippen LogP contribution in [0.15, 0.2) is 5.38 Å². The Labute approximate surface area is 136 Å². The third-order valence-electron chi connectivity index (χ3n) is 4.25. The molecule has 0 bridgehead atoms. The number of nitrogens with one attached hydrogen (secondary N) is 1. The first-order valence-corrected chi connectivity index (χ1v) is 8.58. The first kappa shape index (κ1) is 16.7. The average Bonchev–Trinajstić information content (AvgIpc) is 2.99. The fourth-order valence-corrected chi connectivity index (χ4v) is 3.99. The third kappa shape index (κ3) is 4.41. The first-order valence-electron chi connectivity index (χ1n) is 7.70. The highest BCUT2D eigenvalue weighted by molar-refractivity contribution is 7.09. The second-order valence-corrected chi connectivity index (χ2v) is 6.65. The van der Waals surface area contributed by atoms with Crippen LogP contribution in [0, 0.1) is 0 Å². The van der Waals surface area contributed by atoms with Crippen molar-refractivity contribution in [2.45, 2.75) is 57.0 Å². The number of esters is 1. The summed E-state index contributed by atoms with van der Waals surface area (Å²) in [4.78, 5) is 16.6. The van der Waals surface area contributed by atoms with Gasteiger partial charge in [-0.25, -0.2) is 9.78 Å². The number of carbonyl (C=O) groups excluding carboxylic acids is 1. The summed E-state index contributed by atoms with van der Waals surface area (Å²) >= 11 is 1.61. The van der Waals surface area contributed by atoms with Gasteiger partial charge in [0.2, 0.25) is 0 Å². The lowest BCUT2D eigenvalue weighted by Gasteiger charge is -2.21. The van der Waals surface area contributed by atoms with Crippen LogP contribution < -0.4 is 5.32 Å². The molecule has 1 N–H and O–H groups in total. The molecule has 1 aromatic rings. The number of hydrogen-bond acceptors (Lipinski definition) is 5. The highest BCUT2D eigenvalue weighted by Crippen LogP contribution is 2.28. The second-order valence-electron chi connectivity index (χ2n) is 5.76. The maximum atomic E-state index is 12.1. The van der Waals surface area contributed by atoms with Gasteiger partial charge in [0.25, 0.3) is 0 Å². The van der Waals surface area contributed by atoms with Gasteiger partial charge in [0.05, 0.1) is 5.01 Å². The van der Waals surface area contributed by atoms with Gasteiger partial charge in [-0.2, -0.15) is 0 Å². The van der Waals surface area contributed by atoms with Gasteiger partial charge < -0.3 is 10.1 Å². The normalized spacial score (nSPS) is 20.8. The van der Waals surface area contributed by atoms with Crippen LogP contribution in [0.25, 0.3) is 0 Å². The maximum absolute atomic E-state index is 12.1. The molecular weight excluding hydrogens is 308 g/mol. The van der Waals surface area contributed by atoms with Gasteiger partial charge in [0, 0.05) is 11.3 Å². The summed E-state index contributed by atoms with van der Waals surface area (Å²) in [6.45, 7) is 2.10. The standard InChI is InChI=1S/C15H22N2O2S.ClH/c18-15(19-12-4-2-1-3-5-12)13-10-20-14(17-13)11-6-8-16-9-7-11;/h10-12,16H,1-9H2;1H. The largest absolute Gasteiger partial charge is 0.458 e. The Morgan fingerprint density at radius 1 is 1.19 bits per heavy atom. The van der Waals surface area contributed by atoms with Gasteiger partial charge in [-0.15, -0.1) is 23.7 Å². The Morgan fingerprint density at radius 2 is 1.90 bits per heavy atom. The van der Waals surface area contributed by atoms with E-state index in [1.54, 1.807) is 11.3 Å². The van der Waals surface area contributed by atoms with Gasteiger partial charge in [-0.1, -0.05) is 6.42 Å². The maximum Gasteiger partial charge on any atom is 0.358 e. The van der Waals surface area contributed by atoms with Gasteiger partial charge in [-0.05, 0) is 51.6 Å². The summed E-state index contributed by atoms with van der Waals surface area (Å²) in [6, 6.07) is 0. The van der Waals surface area contributed by atoms with E-state index in [1.807, 2.05) is 5.38 Å². The fraction of sp³-hybridized carbons (Fsp3) is 0.733. The van der Waals surface area contributed by atoms with E-state index in [1.165, 1.54) is 19.3 Å². The molecule has 1 aromatic heterocycles. The Bertz CT molecular complexity index is 454. The zero-order valence-corrected chi connectivity index (χ0v) is 13.8. The van der Waals surface area contributed by atoms with E-state index < -0.39 is 0 Å². The van der Waals surface area contributed by atoms with Crippen molar-refractivity contribution in [1.29, 1.82) is 0 Å². The zero-order valence-electron chi connectivity index (χ0n) is 12.2. The van der Waals surface area contributed by atoms with Crippen molar-refractivity contribution in [1.82, 2.24) is 10.3 Å². The molecule has 0 aromatic carbocycles. The molecule has 0 unspecified atom stereocenters. The number of hydrogen-bond donors (Lipinski definition) is 1. The van der Waals surface area contributed by atoms with Crippen molar-refractivity contribution in [2.75, 3.05) is 13.1 Å². The lowest BCUT2D eigenvalue weighted by molar-refractivity contribution is 0.0205. The van der Waals surface area contributed by atoms with Crippen LogP contribution in [0.2, 0.25) is 0 Å². The van der Waals surface area contributed by atoms with Crippen LogP contribution in [0.5, 0.6) is 0 Å². The van der Waals surface area contributed by atoms with E-state index >= 15 is 0 Å². The lowest BCUT2D eigenvalue weighted by atomic mass is 9.98. The van der Waals surface area contributed by atoms with Crippen molar-refractivity contribution >= 4 is 29.7 Å². The predicted molar refractivity (Wildman–Crippen MR) is 86.5 cm³/mol. The quantitative estimate of drug-likeness (QED) is 0.861. The molecule has 1 aliphatic heterocycles. The molecular formula is C15H23ClN2O2S. The first-order chi connectivity index (χ1) is 9.83. The molecule has 2 heterocycles. The summed E-state index contributed by atoms with van der Waals surface area (Å²) in [7, 11) is 0. The van der Waals surface area contributed by atoms with Crippen molar-refractivity contribution in [2.24, 2.45) is 0 Å². The fourth-order valence-electron chi connectivity index (χ4n) is 3.03. The molecule has 21 heavy (non-hydrogen) atoms. The van der Waals surface area contributed by atoms with Crippen LogP contribution in [0.4, 0.5) is 0 Å². The van der Waals surface area contributed by atoms with E-state index in [0.29, 0.717) is 11.6 Å². The number of halogens is 1. The van der Waals surface area contributed by atoms with Crippen molar-refractivity contribution in [3.8, 4) is 0 Å². The SMILES string of the molecule is Cl.O=C(OC1CCCCC1)c1csc(C2CCNCC2)n1. The highest BCUT2D eigenvalue weighted by atomic mass is 35.5. The molecule has 118 valence electrons. The minimum Gasteiger partial charge on any atom is -0.458 e. The number of nitrogens with zero attached hydrogens (tertiary/aromatic N) is 1. The number of ether oxygens (including phenoxy) is 1. The van der Waals surface area contributed by atoms with E-state index in [4.69, 9.17) is 4.74 Å². The summed E-state index contributed by atoms with van der Waals surface area (Å²) in [6.07, 6.45) is 7.98. The molecule has 6 heteroatoms. The smallest absolute Gasteiger partial charge is 0.358 e. The number of rotatable bonds is 3.